The highest BCUT2D eigenvalue weighted by Crippen LogP contribution is 2.29. The summed E-state index contributed by atoms with van der Waals surface area (Å²) in [5.41, 5.74) is -0.0981. The third-order valence-corrected chi connectivity index (χ3v) is 5.67. The number of nitrogens with one attached hydrogen (secondary N) is 2. The number of rotatable bonds is 3. The van der Waals surface area contributed by atoms with Crippen LogP contribution in [0.15, 0.2) is 18.2 Å². The lowest BCUT2D eigenvalue weighted by molar-refractivity contribution is -0.119. The second-order valence-corrected chi connectivity index (χ2v) is 7.45. The molecule has 116 valence electrons. The first kappa shape index (κ1) is 15.8. The lowest BCUT2D eigenvalue weighted by Crippen LogP contribution is -2.55. The lowest BCUT2D eigenvalue weighted by atomic mass is 9.95. The second kappa shape index (κ2) is 5.69. The normalized spacial score (nSPS) is 18.2. The zero-order valence-electron chi connectivity index (χ0n) is 11.4. The van der Waals surface area contributed by atoms with Crippen LogP contribution >= 0.6 is 0 Å². The maximum atomic E-state index is 13.1. The molecule has 1 aliphatic heterocycles. The number of amides is 1. The molecule has 1 heterocycles. The number of hydrogen-bond donors (Lipinski definition) is 2. The maximum absolute atomic E-state index is 13.1. The molecule has 21 heavy (non-hydrogen) atoms. The molecule has 5 nitrogen and oxygen atoms in total. The quantitative estimate of drug-likeness (QED) is 0.874. The van der Waals surface area contributed by atoms with Crippen molar-refractivity contribution in [1.82, 2.24) is 5.32 Å². The number of piperidine rings is 1. The van der Waals surface area contributed by atoms with E-state index in [1.165, 1.54) is 0 Å². The van der Waals surface area contributed by atoms with Crippen molar-refractivity contribution in [2.75, 3.05) is 24.7 Å². The van der Waals surface area contributed by atoms with Crippen molar-refractivity contribution in [3.05, 3.63) is 29.8 Å². The number of benzene rings is 1. The van der Waals surface area contributed by atoms with E-state index in [0.29, 0.717) is 19.2 Å². The van der Waals surface area contributed by atoms with Crippen LogP contribution in [-0.4, -0.2) is 38.4 Å². The topological polar surface area (TPSA) is 75.3 Å². The predicted molar refractivity (Wildman–Crippen MR) is 74.7 cm³/mol. The van der Waals surface area contributed by atoms with Gasteiger partial charge >= 0.3 is 0 Å². The zero-order chi connectivity index (χ0) is 15.7. The standard InChI is InChI=1S/C13H16F2N2O3S/c1-21(19,20)13(2-4-16-5-3-13)12(18)17-11-7-9(14)6-10(15)8-11/h6-8,16H,2-5H2,1H3,(H,17,18). The minimum absolute atomic E-state index is 0.0981. The van der Waals surface area contributed by atoms with Gasteiger partial charge < -0.3 is 10.6 Å². The highest BCUT2D eigenvalue weighted by Gasteiger charge is 2.48. The van der Waals surface area contributed by atoms with E-state index in [2.05, 4.69) is 10.6 Å². The summed E-state index contributed by atoms with van der Waals surface area (Å²) in [6.07, 6.45) is 1.25. The molecule has 0 spiro atoms. The Morgan fingerprint density at radius 3 is 2.19 bits per heavy atom. The summed E-state index contributed by atoms with van der Waals surface area (Å²) < 4.78 is 48.8. The van der Waals surface area contributed by atoms with Crippen LogP contribution in [0.5, 0.6) is 0 Å². The minimum Gasteiger partial charge on any atom is -0.325 e. The molecule has 0 radical (unpaired) electrons. The van der Waals surface area contributed by atoms with Crippen LogP contribution < -0.4 is 10.6 Å². The molecule has 1 amide bonds. The predicted octanol–water partition coefficient (Wildman–Crippen LogP) is 1.07. The smallest absolute Gasteiger partial charge is 0.245 e. The fourth-order valence-electron chi connectivity index (χ4n) is 2.47. The molecule has 0 aliphatic carbocycles. The fraction of sp³-hybridized carbons (Fsp3) is 0.462. The molecule has 0 saturated carbocycles. The van der Waals surface area contributed by atoms with Gasteiger partial charge in [0.1, 0.15) is 11.6 Å². The number of sulfone groups is 1. The summed E-state index contributed by atoms with van der Waals surface area (Å²) in [6, 6.07) is 2.56. The average molecular weight is 318 g/mol. The van der Waals surface area contributed by atoms with Crippen molar-refractivity contribution >= 4 is 21.4 Å². The Morgan fingerprint density at radius 1 is 1.19 bits per heavy atom. The number of halogens is 2. The van der Waals surface area contributed by atoms with Crippen LogP contribution in [0.1, 0.15) is 12.8 Å². The molecule has 8 heteroatoms. The number of carbonyl (C=O) groups excluding carboxylic acids is 1. The Balaban J connectivity index is 2.31. The Kier molecular flexibility index (Phi) is 4.29. The van der Waals surface area contributed by atoms with Crippen LogP contribution in [0.25, 0.3) is 0 Å². The highest BCUT2D eigenvalue weighted by atomic mass is 32.2. The Labute approximate surface area is 121 Å². The summed E-state index contributed by atoms with van der Waals surface area (Å²) in [7, 11) is -3.67. The first-order valence-corrected chi connectivity index (χ1v) is 8.32. The molecule has 0 bridgehead atoms. The first-order chi connectivity index (χ1) is 9.74. The molecule has 1 aromatic carbocycles. The average Bonchev–Trinajstić information content (AvgIpc) is 2.37. The summed E-state index contributed by atoms with van der Waals surface area (Å²) in [5, 5.41) is 5.30. The van der Waals surface area contributed by atoms with Gasteiger partial charge in [-0.25, -0.2) is 17.2 Å². The van der Waals surface area contributed by atoms with Gasteiger partial charge in [0.15, 0.2) is 14.6 Å². The van der Waals surface area contributed by atoms with Gasteiger partial charge in [0.05, 0.1) is 0 Å². The van der Waals surface area contributed by atoms with E-state index in [1.54, 1.807) is 0 Å². The monoisotopic (exact) mass is 318 g/mol. The summed E-state index contributed by atoms with van der Waals surface area (Å²) in [6.45, 7) is 0.774. The summed E-state index contributed by atoms with van der Waals surface area (Å²) >= 11 is 0. The van der Waals surface area contributed by atoms with E-state index in [4.69, 9.17) is 0 Å². The van der Waals surface area contributed by atoms with Gasteiger partial charge in [-0.3, -0.25) is 4.79 Å². The van der Waals surface area contributed by atoms with E-state index < -0.39 is 32.1 Å². The molecule has 1 aromatic rings. The molecular weight excluding hydrogens is 302 g/mol. The van der Waals surface area contributed by atoms with E-state index in [1.807, 2.05) is 0 Å². The number of carbonyl (C=O) groups is 1. The van der Waals surface area contributed by atoms with Gasteiger partial charge in [0, 0.05) is 18.0 Å². The summed E-state index contributed by atoms with van der Waals surface area (Å²) in [5.74, 6) is -2.44. The fourth-order valence-corrected chi connectivity index (χ4v) is 3.80. The van der Waals surface area contributed by atoms with Crippen molar-refractivity contribution in [1.29, 1.82) is 0 Å². The highest BCUT2D eigenvalue weighted by molar-refractivity contribution is 7.92. The van der Waals surface area contributed by atoms with Gasteiger partial charge in [-0.1, -0.05) is 0 Å². The van der Waals surface area contributed by atoms with Crippen molar-refractivity contribution in [2.45, 2.75) is 17.6 Å². The third-order valence-electron chi connectivity index (χ3n) is 3.66. The number of hydrogen-bond acceptors (Lipinski definition) is 4. The van der Waals surface area contributed by atoms with Crippen molar-refractivity contribution in [3.8, 4) is 0 Å². The van der Waals surface area contributed by atoms with E-state index >= 15 is 0 Å². The molecule has 2 rings (SSSR count). The molecule has 1 saturated heterocycles. The molecular formula is C13H16F2N2O3S. The molecule has 1 fully saturated rings. The molecule has 0 unspecified atom stereocenters. The molecule has 1 aliphatic rings. The minimum atomic E-state index is -3.67. The Morgan fingerprint density at radius 2 is 1.71 bits per heavy atom. The van der Waals surface area contributed by atoms with E-state index in [9.17, 15) is 22.0 Å². The van der Waals surface area contributed by atoms with Crippen LogP contribution in [0, 0.1) is 11.6 Å². The van der Waals surface area contributed by atoms with Gasteiger partial charge in [0.25, 0.3) is 0 Å². The van der Waals surface area contributed by atoms with Gasteiger partial charge in [-0.2, -0.15) is 0 Å². The largest absolute Gasteiger partial charge is 0.325 e. The van der Waals surface area contributed by atoms with Crippen LogP contribution in [0.4, 0.5) is 14.5 Å². The third kappa shape index (κ3) is 3.21. The maximum Gasteiger partial charge on any atom is 0.245 e. The van der Waals surface area contributed by atoms with Gasteiger partial charge in [-0.15, -0.1) is 0 Å². The molecule has 2 N–H and O–H groups in total. The molecule has 0 aromatic heterocycles. The van der Waals surface area contributed by atoms with Crippen LogP contribution in [0.2, 0.25) is 0 Å². The Bertz CT molecular complexity index is 635. The molecule has 0 atom stereocenters. The van der Waals surface area contributed by atoms with Crippen LogP contribution in [0.3, 0.4) is 0 Å². The lowest BCUT2D eigenvalue weighted by Gasteiger charge is -2.34. The van der Waals surface area contributed by atoms with Gasteiger partial charge in [0.2, 0.25) is 5.91 Å². The van der Waals surface area contributed by atoms with Crippen LogP contribution in [-0.2, 0) is 14.6 Å². The summed E-state index contributed by atoms with van der Waals surface area (Å²) in [4.78, 5) is 12.4. The first-order valence-electron chi connectivity index (χ1n) is 6.42. The zero-order valence-corrected chi connectivity index (χ0v) is 12.3. The SMILES string of the molecule is CS(=O)(=O)C1(C(=O)Nc2cc(F)cc(F)c2)CCNCC1. The van der Waals surface area contributed by atoms with E-state index in [-0.39, 0.29) is 18.5 Å². The van der Waals surface area contributed by atoms with Crippen molar-refractivity contribution in [2.24, 2.45) is 0 Å². The number of anilines is 1. The van der Waals surface area contributed by atoms with Crippen molar-refractivity contribution < 1.29 is 22.0 Å². The Hall–Kier alpha value is -1.54. The van der Waals surface area contributed by atoms with E-state index in [0.717, 1.165) is 18.4 Å². The second-order valence-electron chi connectivity index (χ2n) is 5.13. The van der Waals surface area contributed by atoms with Gasteiger partial charge in [-0.05, 0) is 38.1 Å². The van der Waals surface area contributed by atoms with Crippen molar-refractivity contribution in [3.63, 3.8) is 0 Å².